The molecule has 0 spiro atoms. The van der Waals surface area contributed by atoms with Crippen LogP contribution in [0.25, 0.3) is 0 Å². The Bertz CT molecular complexity index is 649. The summed E-state index contributed by atoms with van der Waals surface area (Å²) < 4.78 is 22.9. The van der Waals surface area contributed by atoms with Crippen molar-refractivity contribution in [2.75, 3.05) is 6.54 Å². The van der Waals surface area contributed by atoms with E-state index in [2.05, 4.69) is 13.8 Å². The number of nitrogens with two attached hydrogens (primary N) is 1. The van der Waals surface area contributed by atoms with E-state index in [0.717, 1.165) is 18.4 Å². The van der Waals surface area contributed by atoms with E-state index in [9.17, 15) is 13.2 Å². The van der Waals surface area contributed by atoms with Crippen LogP contribution in [0.3, 0.4) is 0 Å². The summed E-state index contributed by atoms with van der Waals surface area (Å²) in [7, 11) is -3.80. The molecule has 1 amide bonds. The van der Waals surface area contributed by atoms with Crippen molar-refractivity contribution in [1.82, 2.24) is 4.90 Å². The molecule has 0 unspecified atom stereocenters. The highest BCUT2D eigenvalue weighted by Crippen LogP contribution is 2.30. The van der Waals surface area contributed by atoms with E-state index in [1.165, 1.54) is 12.1 Å². The van der Waals surface area contributed by atoms with Gasteiger partial charge in [-0.2, -0.15) is 0 Å². The third kappa shape index (κ3) is 3.83. The Morgan fingerprint density at radius 2 is 2.00 bits per heavy atom. The third-order valence-corrected chi connectivity index (χ3v) is 4.49. The fourth-order valence-corrected chi connectivity index (χ4v) is 2.88. The van der Waals surface area contributed by atoms with Gasteiger partial charge in [0.2, 0.25) is 10.0 Å². The first kappa shape index (κ1) is 16.0. The third-order valence-electron chi connectivity index (χ3n) is 3.58. The largest absolute Gasteiger partial charge is 0.335 e. The van der Waals surface area contributed by atoms with Gasteiger partial charge in [0.1, 0.15) is 0 Å². The Balaban J connectivity index is 2.37. The molecule has 1 aliphatic carbocycles. The second kappa shape index (κ2) is 5.77. The van der Waals surface area contributed by atoms with Crippen LogP contribution in [-0.4, -0.2) is 31.8 Å². The molecule has 0 radical (unpaired) electrons. The van der Waals surface area contributed by atoms with Crippen molar-refractivity contribution >= 4 is 15.9 Å². The molecule has 1 saturated carbocycles. The van der Waals surface area contributed by atoms with Crippen LogP contribution < -0.4 is 5.14 Å². The average molecular weight is 310 g/mol. The van der Waals surface area contributed by atoms with Gasteiger partial charge in [-0.05, 0) is 43.4 Å². The highest BCUT2D eigenvalue weighted by atomic mass is 32.2. The lowest BCUT2D eigenvalue weighted by Gasteiger charge is -2.25. The number of hydrogen-bond acceptors (Lipinski definition) is 3. The Morgan fingerprint density at radius 3 is 2.48 bits per heavy atom. The number of amides is 1. The van der Waals surface area contributed by atoms with Gasteiger partial charge >= 0.3 is 0 Å². The molecular weight excluding hydrogens is 288 g/mol. The zero-order valence-electron chi connectivity index (χ0n) is 12.7. The van der Waals surface area contributed by atoms with Crippen LogP contribution in [0.15, 0.2) is 23.1 Å². The molecule has 2 N–H and O–H groups in total. The molecule has 0 atom stereocenters. The summed E-state index contributed by atoms with van der Waals surface area (Å²) in [5.74, 6) is 0.269. The second-order valence-electron chi connectivity index (χ2n) is 6.10. The van der Waals surface area contributed by atoms with Crippen LogP contribution in [0.1, 0.15) is 42.6 Å². The average Bonchev–Trinajstić information content (AvgIpc) is 3.18. The maximum absolute atomic E-state index is 12.8. The first-order chi connectivity index (χ1) is 9.70. The number of rotatable bonds is 5. The number of carbonyl (C=O) groups excluding carboxylic acids is 1. The van der Waals surface area contributed by atoms with Gasteiger partial charge in [0.25, 0.3) is 5.91 Å². The summed E-state index contributed by atoms with van der Waals surface area (Å²) in [6.07, 6.45) is 2.04. The molecule has 0 heterocycles. The summed E-state index contributed by atoms with van der Waals surface area (Å²) in [5, 5.41) is 5.15. The minimum Gasteiger partial charge on any atom is -0.335 e. The van der Waals surface area contributed by atoms with E-state index in [1.807, 2.05) is 4.90 Å². The van der Waals surface area contributed by atoms with Gasteiger partial charge in [-0.3, -0.25) is 4.79 Å². The molecule has 21 heavy (non-hydrogen) atoms. The Hall–Kier alpha value is -1.40. The quantitative estimate of drug-likeness (QED) is 0.902. The number of nitrogens with zero attached hydrogens (tertiary/aromatic N) is 1. The lowest BCUT2D eigenvalue weighted by molar-refractivity contribution is 0.0721. The summed E-state index contributed by atoms with van der Waals surface area (Å²) in [6, 6.07) is 4.75. The predicted molar refractivity (Wildman–Crippen MR) is 81.4 cm³/mol. The molecule has 116 valence electrons. The molecule has 0 saturated heterocycles. The van der Waals surface area contributed by atoms with Crippen LogP contribution in [0, 0.1) is 12.8 Å². The lowest BCUT2D eigenvalue weighted by Crippen LogP contribution is -2.36. The Labute approximate surface area is 126 Å². The topological polar surface area (TPSA) is 80.5 Å². The van der Waals surface area contributed by atoms with Crippen LogP contribution in [0.5, 0.6) is 0 Å². The molecule has 1 aromatic rings. The number of benzene rings is 1. The van der Waals surface area contributed by atoms with Gasteiger partial charge in [0.15, 0.2) is 0 Å². The van der Waals surface area contributed by atoms with Crippen LogP contribution in [0.2, 0.25) is 0 Å². The van der Waals surface area contributed by atoms with Gasteiger partial charge in [-0.1, -0.05) is 19.9 Å². The number of primary sulfonamides is 1. The van der Waals surface area contributed by atoms with E-state index in [-0.39, 0.29) is 16.8 Å². The maximum Gasteiger partial charge on any atom is 0.254 e. The van der Waals surface area contributed by atoms with E-state index in [0.29, 0.717) is 18.0 Å². The highest BCUT2D eigenvalue weighted by molar-refractivity contribution is 7.89. The maximum atomic E-state index is 12.8. The normalized spacial score (nSPS) is 15.3. The molecule has 1 aromatic carbocycles. The molecule has 1 fully saturated rings. The highest BCUT2D eigenvalue weighted by Gasteiger charge is 2.34. The Morgan fingerprint density at radius 1 is 1.38 bits per heavy atom. The summed E-state index contributed by atoms with van der Waals surface area (Å²) in [5.41, 5.74) is 1.19. The minimum absolute atomic E-state index is 0.0169. The second-order valence-corrected chi connectivity index (χ2v) is 7.67. The number of aryl methyl sites for hydroxylation is 1. The summed E-state index contributed by atoms with van der Waals surface area (Å²) in [4.78, 5) is 14.6. The fraction of sp³-hybridized carbons (Fsp3) is 0.533. The van der Waals surface area contributed by atoms with Crippen molar-refractivity contribution in [3.63, 3.8) is 0 Å². The molecule has 5 nitrogen and oxygen atoms in total. The van der Waals surface area contributed by atoms with Crippen molar-refractivity contribution in [2.24, 2.45) is 11.1 Å². The molecule has 6 heteroatoms. The van der Waals surface area contributed by atoms with Gasteiger partial charge < -0.3 is 4.90 Å². The number of hydrogen-bond donors (Lipinski definition) is 1. The van der Waals surface area contributed by atoms with Crippen LogP contribution in [-0.2, 0) is 10.0 Å². The van der Waals surface area contributed by atoms with Crippen molar-refractivity contribution in [3.05, 3.63) is 29.3 Å². The van der Waals surface area contributed by atoms with Crippen molar-refractivity contribution < 1.29 is 13.2 Å². The SMILES string of the molecule is Cc1ccc(S(N)(=O)=O)cc1C(=O)N(CC(C)C)C1CC1. The van der Waals surface area contributed by atoms with Gasteiger partial charge in [0, 0.05) is 18.2 Å². The monoisotopic (exact) mass is 310 g/mol. The number of carbonyl (C=O) groups is 1. The lowest BCUT2D eigenvalue weighted by atomic mass is 10.1. The first-order valence-electron chi connectivity index (χ1n) is 7.14. The smallest absolute Gasteiger partial charge is 0.254 e. The van der Waals surface area contributed by atoms with Crippen molar-refractivity contribution in [1.29, 1.82) is 0 Å². The van der Waals surface area contributed by atoms with Crippen molar-refractivity contribution in [3.8, 4) is 0 Å². The molecule has 2 rings (SSSR count). The summed E-state index contributed by atoms with van der Waals surface area (Å²) in [6.45, 7) is 6.62. The molecule has 0 aromatic heterocycles. The minimum atomic E-state index is -3.80. The van der Waals surface area contributed by atoms with E-state index in [4.69, 9.17) is 5.14 Å². The van der Waals surface area contributed by atoms with Gasteiger partial charge in [-0.15, -0.1) is 0 Å². The van der Waals surface area contributed by atoms with Crippen molar-refractivity contribution in [2.45, 2.75) is 44.6 Å². The van der Waals surface area contributed by atoms with E-state index < -0.39 is 10.0 Å². The first-order valence-corrected chi connectivity index (χ1v) is 8.69. The van der Waals surface area contributed by atoms with E-state index in [1.54, 1.807) is 13.0 Å². The summed E-state index contributed by atoms with van der Waals surface area (Å²) >= 11 is 0. The Kier molecular flexibility index (Phi) is 4.39. The van der Waals surface area contributed by atoms with Crippen LogP contribution in [0.4, 0.5) is 0 Å². The zero-order valence-corrected chi connectivity index (χ0v) is 13.5. The van der Waals surface area contributed by atoms with E-state index >= 15 is 0 Å². The zero-order chi connectivity index (χ0) is 15.8. The fourth-order valence-electron chi connectivity index (χ4n) is 2.34. The molecule has 0 aliphatic heterocycles. The van der Waals surface area contributed by atoms with Crippen LogP contribution >= 0.6 is 0 Å². The predicted octanol–water partition coefficient (Wildman–Crippen LogP) is 1.90. The molecule has 0 bridgehead atoms. The number of sulfonamides is 1. The molecular formula is C15H22N2O3S. The molecule has 1 aliphatic rings. The standard InChI is InChI=1S/C15H22N2O3S/c1-10(2)9-17(12-5-6-12)15(18)14-8-13(21(16,19)20)7-4-11(14)3/h4,7-8,10,12H,5-6,9H2,1-3H3,(H2,16,19,20). The van der Waals surface area contributed by atoms with Gasteiger partial charge in [-0.25, -0.2) is 13.6 Å². The van der Waals surface area contributed by atoms with Gasteiger partial charge in [0.05, 0.1) is 4.90 Å².